The Morgan fingerprint density at radius 2 is 1.81 bits per heavy atom. The Kier molecular flexibility index (Phi) is 3.80. The van der Waals surface area contributed by atoms with Crippen molar-refractivity contribution in [2.45, 2.75) is 24.6 Å². The van der Waals surface area contributed by atoms with Crippen molar-refractivity contribution in [2.75, 3.05) is 11.4 Å². The first kappa shape index (κ1) is 15.1. The highest BCUT2D eigenvalue weighted by atomic mass is 19.4. The summed E-state index contributed by atoms with van der Waals surface area (Å²) in [5, 5.41) is 10.7. The number of anilines is 1. The van der Waals surface area contributed by atoms with Crippen LogP contribution in [0.15, 0.2) is 30.3 Å². The maximum absolute atomic E-state index is 12.8. The van der Waals surface area contributed by atoms with Crippen LogP contribution in [0.5, 0.6) is 0 Å². The van der Waals surface area contributed by atoms with Gasteiger partial charge in [0.1, 0.15) is 12.1 Å². The van der Waals surface area contributed by atoms with Gasteiger partial charge in [-0.1, -0.05) is 18.2 Å². The third-order valence-corrected chi connectivity index (χ3v) is 3.25. The maximum atomic E-state index is 12.8. The molecule has 0 aliphatic heterocycles. The van der Waals surface area contributed by atoms with E-state index in [2.05, 4.69) is 0 Å². The number of hydrogen-bond donors (Lipinski definition) is 2. The van der Waals surface area contributed by atoms with Gasteiger partial charge in [-0.25, -0.2) is 4.79 Å². The molecule has 0 aromatic heterocycles. The van der Waals surface area contributed by atoms with Gasteiger partial charge in [0.2, 0.25) is 0 Å². The lowest BCUT2D eigenvalue weighted by atomic mass is 10.2. The van der Waals surface area contributed by atoms with Crippen LogP contribution in [0.1, 0.15) is 12.8 Å². The van der Waals surface area contributed by atoms with Crippen LogP contribution in [0, 0.1) is 0 Å². The van der Waals surface area contributed by atoms with Gasteiger partial charge in [-0.15, -0.1) is 0 Å². The molecule has 114 valence electrons. The number of carbonyl (C=O) groups excluding carboxylic acids is 1. The van der Waals surface area contributed by atoms with Gasteiger partial charge in [0, 0.05) is 5.69 Å². The van der Waals surface area contributed by atoms with Crippen LogP contribution in [0.4, 0.5) is 23.7 Å². The highest BCUT2D eigenvalue weighted by Gasteiger charge is 2.64. The van der Waals surface area contributed by atoms with E-state index in [1.165, 1.54) is 12.1 Å². The predicted molar refractivity (Wildman–Crippen MR) is 68.0 cm³/mol. The molecule has 2 N–H and O–H groups in total. The first-order chi connectivity index (χ1) is 9.75. The molecule has 2 rings (SSSR count). The van der Waals surface area contributed by atoms with E-state index in [9.17, 15) is 22.8 Å². The molecule has 0 atom stereocenters. The SMILES string of the molecule is O=C(O)CN(C(=O)NC1(C(F)(F)F)CC1)c1ccccc1. The average Bonchev–Trinajstić information content (AvgIpc) is 3.17. The van der Waals surface area contributed by atoms with Crippen molar-refractivity contribution in [2.24, 2.45) is 0 Å². The third-order valence-electron chi connectivity index (χ3n) is 3.25. The minimum atomic E-state index is -4.55. The number of carbonyl (C=O) groups is 2. The molecule has 0 bridgehead atoms. The van der Waals surface area contributed by atoms with E-state index >= 15 is 0 Å². The van der Waals surface area contributed by atoms with Gasteiger partial charge in [0.25, 0.3) is 0 Å². The van der Waals surface area contributed by atoms with Crippen molar-refractivity contribution in [3.63, 3.8) is 0 Å². The number of carboxylic acid groups (broad SMARTS) is 1. The molecule has 0 heterocycles. The zero-order chi connectivity index (χ0) is 15.7. The number of hydrogen-bond acceptors (Lipinski definition) is 2. The number of halogens is 3. The van der Waals surface area contributed by atoms with Crippen LogP contribution >= 0.6 is 0 Å². The summed E-state index contributed by atoms with van der Waals surface area (Å²) in [6.45, 7) is -0.718. The number of benzene rings is 1. The Hall–Kier alpha value is -2.25. The van der Waals surface area contributed by atoms with Crippen LogP contribution in [-0.4, -0.2) is 35.4 Å². The minimum absolute atomic E-state index is 0.196. The normalized spacial score (nSPS) is 16.1. The summed E-state index contributed by atoms with van der Waals surface area (Å²) in [5.74, 6) is -1.31. The zero-order valence-corrected chi connectivity index (χ0v) is 10.9. The number of aliphatic carboxylic acids is 1. The number of nitrogens with zero attached hydrogens (tertiary/aromatic N) is 1. The third kappa shape index (κ3) is 3.26. The van der Waals surface area contributed by atoms with E-state index in [0.29, 0.717) is 0 Å². The summed E-state index contributed by atoms with van der Waals surface area (Å²) in [4.78, 5) is 23.6. The molecule has 1 aromatic carbocycles. The summed E-state index contributed by atoms with van der Waals surface area (Å²) in [5.41, 5.74) is -2.01. The Labute approximate surface area is 118 Å². The van der Waals surface area contributed by atoms with Crippen molar-refractivity contribution in [1.29, 1.82) is 0 Å². The Morgan fingerprint density at radius 3 is 2.24 bits per heavy atom. The second-order valence-corrected chi connectivity index (χ2v) is 4.83. The van der Waals surface area contributed by atoms with Crippen LogP contribution < -0.4 is 10.2 Å². The lowest BCUT2D eigenvalue weighted by molar-refractivity contribution is -0.162. The predicted octanol–water partition coefficient (Wildman–Crippen LogP) is 2.38. The number of amides is 2. The molecule has 8 heteroatoms. The second kappa shape index (κ2) is 5.27. The van der Waals surface area contributed by atoms with Gasteiger partial charge in [0.15, 0.2) is 0 Å². The Balaban J connectivity index is 2.18. The monoisotopic (exact) mass is 302 g/mol. The fourth-order valence-electron chi connectivity index (χ4n) is 1.90. The van der Waals surface area contributed by atoms with E-state index in [4.69, 9.17) is 5.11 Å². The van der Waals surface area contributed by atoms with Crippen molar-refractivity contribution >= 4 is 17.7 Å². The number of urea groups is 1. The van der Waals surface area contributed by atoms with Crippen LogP contribution in [0.3, 0.4) is 0 Å². The van der Waals surface area contributed by atoms with Crippen LogP contribution in [0.2, 0.25) is 0 Å². The molecule has 1 aliphatic carbocycles. The zero-order valence-electron chi connectivity index (χ0n) is 10.9. The average molecular weight is 302 g/mol. The summed E-state index contributed by atoms with van der Waals surface area (Å²) < 4.78 is 38.5. The van der Waals surface area contributed by atoms with Gasteiger partial charge in [-0.05, 0) is 25.0 Å². The van der Waals surface area contributed by atoms with E-state index in [1.807, 2.05) is 5.32 Å². The van der Waals surface area contributed by atoms with Gasteiger partial charge >= 0.3 is 18.2 Å². The van der Waals surface area contributed by atoms with E-state index in [1.54, 1.807) is 18.2 Å². The molecule has 0 saturated heterocycles. The van der Waals surface area contributed by atoms with Crippen LogP contribution in [-0.2, 0) is 4.79 Å². The fourth-order valence-corrected chi connectivity index (χ4v) is 1.90. The fraction of sp³-hybridized carbons (Fsp3) is 0.385. The number of alkyl halides is 3. The van der Waals surface area contributed by atoms with Gasteiger partial charge in [-0.3, -0.25) is 9.69 Å². The van der Waals surface area contributed by atoms with E-state index in [0.717, 1.165) is 4.90 Å². The van der Waals surface area contributed by atoms with Crippen molar-refractivity contribution in [3.05, 3.63) is 30.3 Å². The molecule has 21 heavy (non-hydrogen) atoms. The van der Waals surface area contributed by atoms with Gasteiger partial charge < -0.3 is 10.4 Å². The van der Waals surface area contributed by atoms with Gasteiger partial charge in [0.05, 0.1) is 0 Å². The number of para-hydroxylation sites is 1. The quantitative estimate of drug-likeness (QED) is 0.897. The van der Waals surface area contributed by atoms with Crippen molar-refractivity contribution in [3.8, 4) is 0 Å². The lowest BCUT2D eigenvalue weighted by Gasteiger charge is -2.26. The molecule has 2 amide bonds. The molecule has 1 saturated carbocycles. The summed E-state index contributed by atoms with van der Waals surface area (Å²) in [6, 6.07) is 6.62. The molecule has 1 fully saturated rings. The number of nitrogens with one attached hydrogen (secondary N) is 1. The Bertz CT molecular complexity index is 541. The molecular formula is C13H13F3N2O3. The molecule has 1 aromatic rings. The molecule has 5 nitrogen and oxygen atoms in total. The van der Waals surface area contributed by atoms with Gasteiger partial charge in [-0.2, -0.15) is 13.2 Å². The highest BCUT2D eigenvalue weighted by Crippen LogP contribution is 2.49. The molecule has 0 unspecified atom stereocenters. The first-order valence-corrected chi connectivity index (χ1v) is 6.18. The number of rotatable bonds is 4. The minimum Gasteiger partial charge on any atom is -0.480 e. The highest BCUT2D eigenvalue weighted by molar-refractivity contribution is 5.96. The van der Waals surface area contributed by atoms with Crippen LogP contribution in [0.25, 0.3) is 0 Å². The smallest absolute Gasteiger partial charge is 0.411 e. The molecule has 0 radical (unpaired) electrons. The van der Waals surface area contributed by atoms with Crippen molar-refractivity contribution < 1.29 is 27.9 Å². The first-order valence-electron chi connectivity index (χ1n) is 6.18. The van der Waals surface area contributed by atoms with Crippen molar-refractivity contribution in [1.82, 2.24) is 5.32 Å². The molecule has 0 spiro atoms. The maximum Gasteiger partial charge on any atom is 0.411 e. The van der Waals surface area contributed by atoms with E-state index < -0.39 is 30.3 Å². The number of carboxylic acids is 1. The Morgan fingerprint density at radius 1 is 1.24 bits per heavy atom. The second-order valence-electron chi connectivity index (χ2n) is 4.83. The lowest BCUT2D eigenvalue weighted by Crippen LogP contribution is -2.53. The summed E-state index contributed by atoms with van der Waals surface area (Å²) in [7, 11) is 0. The summed E-state index contributed by atoms with van der Waals surface area (Å²) in [6.07, 6.45) is -4.94. The van der Waals surface area contributed by atoms with E-state index in [-0.39, 0.29) is 18.5 Å². The topological polar surface area (TPSA) is 69.6 Å². The molecule has 1 aliphatic rings. The molecular weight excluding hydrogens is 289 g/mol. The summed E-state index contributed by atoms with van der Waals surface area (Å²) >= 11 is 0. The standard InChI is InChI=1S/C13H13F3N2O3/c14-13(15,16)12(6-7-12)17-11(21)18(8-10(19)20)9-4-2-1-3-5-9/h1-5H,6-8H2,(H,17,21)(H,19,20). The largest absolute Gasteiger partial charge is 0.480 e.